The molecule has 0 amide bonds. The molecular weight excluding hydrogens is 248 g/mol. The smallest absolute Gasteiger partial charge is 0.270 e. The Balaban J connectivity index is 2.31. The van der Waals surface area contributed by atoms with Crippen molar-refractivity contribution in [2.45, 2.75) is 13.2 Å². The van der Waals surface area contributed by atoms with Crippen LogP contribution in [0.4, 0.5) is 5.69 Å². The van der Waals surface area contributed by atoms with E-state index in [4.69, 9.17) is 9.84 Å². The molecule has 1 aromatic carbocycles. The molecule has 0 atom stereocenters. The summed E-state index contributed by atoms with van der Waals surface area (Å²) in [5, 5.41) is 19.8. The summed E-state index contributed by atoms with van der Waals surface area (Å²) in [6.07, 6.45) is 3.60. The third-order valence-corrected chi connectivity index (χ3v) is 2.82. The van der Waals surface area contributed by atoms with Crippen molar-refractivity contribution >= 4 is 5.69 Å². The van der Waals surface area contributed by atoms with Gasteiger partial charge in [0.05, 0.1) is 25.2 Å². The molecule has 6 nitrogen and oxygen atoms in total. The van der Waals surface area contributed by atoms with Gasteiger partial charge in [-0.15, -0.1) is 0 Å². The number of rotatable bonds is 5. The number of aliphatic hydroxyl groups excluding tert-OH is 1. The fraction of sp³-hybridized carbons (Fsp3) is 0.231. The molecule has 0 fully saturated rings. The normalized spacial score (nSPS) is 10.4. The van der Waals surface area contributed by atoms with Crippen LogP contribution in [0.15, 0.2) is 36.7 Å². The summed E-state index contributed by atoms with van der Waals surface area (Å²) in [6, 6.07) is 6.29. The van der Waals surface area contributed by atoms with E-state index in [9.17, 15) is 10.1 Å². The maximum atomic E-state index is 10.8. The number of methoxy groups -OCH3 is 1. The van der Waals surface area contributed by atoms with E-state index in [0.29, 0.717) is 12.3 Å². The Morgan fingerprint density at radius 2 is 2.21 bits per heavy atom. The first-order valence-electron chi connectivity index (χ1n) is 5.71. The molecule has 1 heterocycles. The number of ether oxygens (including phenoxy) is 1. The molecule has 0 aliphatic carbocycles. The number of benzene rings is 1. The number of nitro groups is 1. The molecule has 0 spiro atoms. The topological polar surface area (TPSA) is 77.5 Å². The summed E-state index contributed by atoms with van der Waals surface area (Å²) in [5.41, 5.74) is 1.55. The molecule has 1 N–H and O–H groups in total. The van der Waals surface area contributed by atoms with Crippen LogP contribution in [-0.4, -0.2) is 21.7 Å². The monoisotopic (exact) mass is 262 g/mol. The van der Waals surface area contributed by atoms with Crippen molar-refractivity contribution < 1.29 is 14.8 Å². The molecule has 0 aliphatic rings. The number of hydrogen-bond acceptors (Lipinski definition) is 4. The average molecular weight is 262 g/mol. The zero-order chi connectivity index (χ0) is 13.8. The maximum absolute atomic E-state index is 10.8. The zero-order valence-corrected chi connectivity index (χ0v) is 10.4. The second-order valence-electron chi connectivity index (χ2n) is 4.10. The van der Waals surface area contributed by atoms with Gasteiger partial charge in [-0.25, -0.2) is 0 Å². The first kappa shape index (κ1) is 13.1. The SMILES string of the molecule is COc1ccc([N+](=O)[O-])cc1Cn1ccc(CO)c1. The Bertz CT molecular complexity index is 592. The van der Waals surface area contributed by atoms with Crippen LogP contribution >= 0.6 is 0 Å². The van der Waals surface area contributed by atoms with Gasteiger partial charge in [-0.1, -0.05) is 0 Å². The van der Waals surface area contributed by atoms with Crippen molar-refractivity contribution in [1.29, 1.82) is 0 Å². The highest BCUT2D eigenvalue weighted by molar-refractivity contribution is 5.44. The number of aromatic nitrogens is 1. The van der Waals surface area contributed by atoms with Gasteiger partial charge in [0, 0.05) is 30.1 Å². The summed E-state index contributed by atoms with van der Waals surface area (Å²) in [4.78, 5) is 10.3. The Hall–Kier alpha value is -2.34. The highest BCUT2D eigenvalue weighted by Crippen LogP contribution is 2.25. The number of nitro benzene ring substituents is 1. The first-order chi connectivity index (χ1) is 9.13. The van der Waals surface area contributed by atoms with Crippen LogP contribution in [-0.2, 0) is 13.2 Å². The minimum Gasteiger partial charge on any atom is -0.496 e. The summed E-state index contributed by atoms with van der Waals surface area (Å²) in [6.45, 7) is 0.421. The second-order valence-corrected chi connectivity index (χ2v) is 4.10. The van der Waals surface area contributed by atoms with Gasteiger partial charge in [0.2, 0.25) is 0 Å². The Morgan fingerprint density at radius 3 is 2.79 bits per heavy atom. The summed E-state index contributed by atoms with van der Waals surface area (Å²) < 4.78 is 7.04. The molecule has 2 rings (SSSR count). The predicted molar refractivity (Wildman–Crippen MR) is 69.1 cm³/mol. The fourth-order valence-electron chi connectivity index (χ4n) is 1.88. The molecule has 0 saturated carbocycles. The van der Waals surface area contributed by atoms with Gasteiger partial charge >= 0.3 is 0 Å². The molecule has 0 radical (unpaired) electrons. The van der Waals surface area contributed by atoms with Gasteiger partial charge < -0.3 is 14.4 Å². The van der Waals surface area contributed by atoms with Gasteiger partial charge in [0.1, 0.15) is 5.75 Å². The van der Waals surface area contributed by atoms with Crippen molar-refractivity contribution in [3.63, 3.8) is 0 Å². The van der Waals surface area contributed by atoms with Crippen LogP contribution in [0.3, 0.4) is 0 Å². The summed E-state index contributed by atoms with van der Waals surface area (Å²) in [7, 11) is 1.53. The average Bonchev–Trinajstić information content (AvgIpc) is 2.86. The molecule has 0 bridgehead atoms. The van der Waals surface area contributed by atoms with Crippen LogP contribution in [0.1, 0.15) is 11.1 Å². The van der Waals surface area contributed by atoms with Crippen molar-refractivity contribution in [2.24, 2.45) is 0 Å². The van der Waals surface area contributed by atoms with E-state index >= 15 is 0 Å². The first-order valence-corrected chi connectivity index (χ1v) is 5.71. The lowest BCUT2D eigenvalue weighted by Crippen LogP contribution is -2.01. The lowest BCUT2D eigenvalue weighted by Gasteiger charge is -2.09. The lowest BCUT2D eigenvalue weighted by molar-refractivity contribution is -0.384. The zero-order valence-electron chi connectivity index (χ0n) is 10.4. The Morgan fingerprint density at radius 1 is 1.42 bits per heavy atom. The maximum Gasteiger partial charge on any atom is 0.270 e. The molecule has 19 heavy (non-hydrogen) atoms. The molecule has 1 aromatic heterocycles. The molecule has 2 aromatic rings. The number of hydrogen-bond donors (Lipinski definition) is 1. The largest absolute Gasteiger partial charge is 0.496 e. The lowest BCUT2D eigenvalue weighted by atomic mass is 10.1. The molecular formula is C13H14N2O4. The fourth-order valence-corrected chi connectivity index (χ4v) is 1.88. The van der Waals surface area contributed by atoms with Crippen LogP contribution in [0.2, 0.25) is 0 Å². The number of non-ortho nitro benzene ring substituents is 1. The van der Waals surface area contributed by atoms with Gasteiger partial charge in [-0.3, -0.25) is 10.1 Å². The van der Waals surface area contributed by atoms with Crippen LogP contribution < -0.4 is 4.74 Å². The molecule has 0 unspecified atom stereocenters. The van der Waals surface area contributed by atoms with E-state index in [-0.39, 0.29) is 12.3 Å². The van der Waals surface area contributed by atoms with E-state index in [1.165, 1.54) is 19.2 Å². The van der Waals surface area contributed by atoms with E-state index in [2.05, 4.69) is 0 Å². The highest BCUT2D eigenvalue weighted by Gasteiger charge is 2.11. The van der Waals surface area contributed by atoms with Crippen LogP contribution in [0.25, 0.3) is 0 Å². The molecule has 6 heteroatoms. The molecule has 0 aliphatic heterocycles. The summed E-state index contributed by atoms with van der Waals surface area (Å²) >= 11 is 0. The predicted octanol–water partition coefficient (Wildman–Crippen LogP) is 1.95. The van der Waals surface area contributed by atoms with Crippen molar-refractivity contribution in [1.82, 2.24) is 4.57 Å². The van der Waals surface area contributed by atoms with E-state index in [1.807, 2.05) is 10.8 Å². The third-order valence-electron chi connectivity index (χ3n) is 2.82. The van der Waals surface area contributed by atoms with Gasteiger partial charge in [-0.2, -0.15) is 0 Å². The van der Waals surface area contributed by atoms with Crippen LogP contribution in [0, 0.1) is 10.1 Å². The van der Waals surface area contributed by atoms with E-state index < -0.39 is 4.92 Å². The minimum absolute atomic E-state index is 0.0287. The van der Waals surface area contributed by atoms with Crippen molar-refractivity contribution in [2.75, 3.05) is 7.11 Å². The number of aliphatic hydroxyl groups is 1. The van der Waals surface area contributed by atoms with Gasteiger partial charge in [0.25, 0.3) is 5.69 Å². The second kappa shape index (κ2) is 5.53. The van der Waals surface area contributed by atoms with Crippen LogP contribution in [0.5, 0.6) is 5.75 Å². The quantitative estimate of drug-likeness (QED) is 0.660. The molecule has 100 valence electrons. The van der Waals surface area contributed by atoms with Crippen molar-refractivity contribution in [3.8, 4) is 5.75 Å². The third kappa shape index (κ3) is 2.92. The Kier molecular flexibility index (Phi) is 3.82. The number of nitrogens with zero attached hydrogens (tertiary/aromatic N) is 2. The van der Waals surface area contributed by atoms with E-state index in [0.717, 1.165) is 11.1 Å². The minimum atomic E-state index is -0.433. The molecule has 0 saturated heterocycles. The Labute approximate surface area is 110 Å². The van der Waals surface area contributed by atoms with Crippen molar-refractivity contribution in [3.05, 3.63) is 57.9 Å². The highest BCUT2D eigenvalue weighted by atomic mass is 16.6. The van der Waals surface area contributed by atoms with Gasteiger partial charge in [0.15, 0.2) is 0 Å². The standard InChI is InChI=1S/C13H14N2O4/c1-19-13-3-2-12(15(17)18)6-11(13)8-14-5-4-10(7-14)9-16/h2-7,16H,8-9H2,1H3. The summed E-state index contributed by atoms with van der Waals surface area (Å²) in [5.74, 6) is 0.602. The van der Waals surface area contributed by atoms with E-state index in [1.54, 1.807) is 18.3 Å². The van der Waals surface area contributed by atoms with Gasteiger partial charge in [-0.05, 0) is 17.7 Å².